The fourth-order valence-corrected chi connectivity index (χ4v) is 3.86. The maximum absolute atomic E-state index is 12.9. The van der Waals surface area contributed by atoms with Gasteiger partial charge in [0, 0.05) is 30.5 Å². The molecule has 0 aliphatic carbocycles. The van der Waals surface area contributed by atoms with E-state index in [1.165, 1.54) is 6.20 Å². The number of piperidine rings is 1. The molecular formula is C20H22ClN5O2. The zero-order chi connectivity index (χ0) is 19.7. The number of aromatic nitrogens is 3. The molecule has 1 aliphatic heterocycles. The number of halogens is 1. The Labute approximate surface area is 167 Å². The molecule has 1 aromatic carbocycles. The summed E-state index contributed by atoms with van der Waals surface area (Å²) in [6.07, 6.45) is 6.41. The molecule has 4 rings (SSSR count). The van der Waals surface area contributed by atoms with Gasteiger partial charge in [0.25, 0.3) is 5.91 Å². The van der Waals surface area contributed by atoms with Crippen molar-refractivity contribution in [2.45, 2.75) is 25.9 Å². The number of benzene rings is 1. The molecule has 8 heteroatoms. The van der Waals surface area contributed by atoms with Crippen LogP contribution < -0.4 is 10.2 Å². The first-order chi connectivity index (χ1) is 13.5. The number of amides is 1. The summed E-state index contributed by atoms with van der Waals surface area (Å²) >= 11 is 6.19. The second-order valence-electron chi connectivity index (χ2n) is 7.13. The van der Waals surface area contributed by atoms with Gasteiger partial charge in [-0.05, 0) is 49.9 Å². The minimum atomic E-state index is -0.297. The van der Waals surface area contributed by atoms with Crippen molar-refractivity contribution >= 4 is 34.5 Å². The van der Waals surface area contributed by atoms with Crippen LogP contribution in [-0.4, -0.2) is 44.8 Å². The minimum Gasteiger partial charge on any atom is -0.393 e. The Bertz CT molecular complexity index is 995. The van der Waals surface area contributed by atoms with Gasteiger partial charge in [0.1, 0.15) is 5.56 Å². The monoisotopic (exact) mass is 399 g/mol. The average Bonchev–Trinajstić information content (AvgIpc) is 3.12. The molecule has 2 aromatic heterocycles. The first-order valence-electron chi connectivity index (χ1n) is 9.35. The third kappa shape index (κ3) is 3.68. The Morgan fingerprint density at radius 2 is 2.14 bits per heavy atom. The van der Waals surface area contributed by atoms with Crippen molar-refractivity contribution < 1.29 is 9.90 Å². The van der Waals surface area contributed by atoms with Crippen LogP contribution in [0.4, 0.5) is 11.4 Å². The van der Waals surface area contributed by atoms with Gasteiger partial charge >= 0.3 is 0 Å². The Balaban J connectivity index is 1.58. The number of carbonyl (C=O) groups is 1. The van der Waals surface area contributed by atoms with E-state index in [0.717, 1.165) is 31.6 Å². The summed E-state index contributed by atoms with van der Waals surface area (Å²) in [4.78, 5) is 19.3. The van der Waals surface area contributed by atoms with Gasteiger partial charge in [-0.25, -0.2) is 9.50 Å². The van der Waals surface area contributed by atoms with Crippen molar-refractivity contribution in [1.29, 1.82) is 0 Å². The summed E-state index contributed by atoms with van der Waals surface area (Å²) in [6.45, 7) is 3.48. The van der Waals surface area contributed by atoms with Crippen LogP contribution in [0.3, 0.4) is 0 Å². The van der Waals surface area contributed by atoms with Crippen LogP contribution in [0.15, 0.2) is 42.9 Å². The lowest BCUT2D eigenvalue weighted by Gasteiger charge is -2.35. The van der Waals surface area contributed by atoms with Crippen molar-refractivity contribution in [3.8, 4) is 0 Å². The van der Waals surface area contributed by atoms with Gasteiger partial charge in [-0.3, -0.25) is 4.79 Å². The predicted octanol–water partition coefficient (Wildman–Crippen LogP) is 3.23. The molecule has 1 unspecified atom stereocenters. The summed E-state index contributed by atoms with van der Waals surface area (Å²) < 4.78 is 1.56. The van der Waals surface area contributed by atoms with Crippen LogP contribution in [-0.2, 0) is 0 Å². The molecule has 0 radical (unpaired) electrons. The van der Waals surface area contributed by atoms with Crippen LogP contribution in [0.5, 0.6) is 0 Å². The van der Waals surface area contributed by atoms with Gasteiger partial charge in [-0.1, -0.05) is 11.6 Å². The van der Waals surface area contributed by atoms with Crippen molar-refractivity contribution in [3.05, 3.63) is 53.4 Å². The zero-order valence-corrected chi connectivity index (χ0v) is 16.3. The second kappa shape index (κ2) is 7.77. The summed E-state index contributed by atoms with van der Waals surface area (Å²) in [5, 5.41) is 17.5. The Morgan fingerprint density at radius 1 is 1.36 bits per heavy atom. The highest BCUT2D eigenvalue weighted by Gasteiger charge is 2.25. The molecule has 1 aliphatic rings. The van der Waals surface area contributed by atoms with Gasteiger partial charge in [0.05, 0.1) is 23.7 Å². The standard InChI is InChI=1S/C20H22ClN5O2/c1-13(27)14-5-9-25(10-6-14)18-4-3-15(21)11-17(18)24-20(28)16-12-23-26-8-2-7-22-19(16)26/h2-4,7-8,11-14,27H,5-6,9-10H2,1H3,(H,24,28). The van der Waals surface area contributed by atoms with Crippen molar-refractivity contribution in [3.63, 3.8) is 0 Å². The number of nitrogens with zero attached hydrogens (tertiary/aromatic N) is 4. The molecule has 0 spiro atoms. The maximum Gasteiger partial charge on any atom is 0.261 e. The molecule has 3 heterocycles. The van der Waals surface area contributed by atoms with Crippen molar-refractivity contribution in [2.24, 2.45) is 5.92 Å². The Morgan fingerprint density at radius 3 is 2.89 bits per heavy atom. The summed E-state index contributed by atoms with van der Waals surface area (Å²) in [6, 6.07) is 7.27. The molecule has 1 amide bonds. The maximum atomic E-state index is 12.9. The molecule has 7 nitrogen and oxygen atoms in total. The predicted molar refractivity (Wildman–Crippen MR) is 109 cm³/mol. The molecular weight excluding hydrogens is 378 g/mol. The van der Waals surface area contributed by atoms with E-state index in [-0.39, 0.29) is 12.0 Å². The minimum absolute atomic E-state index is 0.281. The van der Waals surface area contributed by atoms with Gasteiger partial charge < -0.3 is 15.3 Å². The highest BCUT2D eigenvalue weighted by Crippen LogP contribution is 2.33. The fourth-order valence-electron chi connectivity index (χ4n) is 3.68. The third-order valence-electron chi connectivity index (χ3n) is 5.29. The van der Waals surface area contributed by atoms with E-state index in [2.05, 4.69) is 20.3 Å². The lowest BCUT2D eigenvalue weighted by molar-refractivity contribution is 0.102. The summed E-state index contributed by atoms with van der Waals surface area (Å²) in [5.74, 6) is 0.0301. The first kappa shape index (κ1) is 18.7. The molecule has 3 aromatic rings. The Hall–Kier alpha value is -2.64. The Kier molecular flexibility index (Phi) is 5.19. The quantitative estimate of drug-likeness (QED) is 0.703. The van der Waals surface area contributed by atoms with Gasteiger partial charge in [0.2, 0.25) is 0 Å². The van der Waals surface area contributed by atoms with E-state index < -0.39 is 0 Å². The molecule has 1 atom stereocenters. The van der Waals surface area contributed by atoms with Crippen molar-refractivity contribution in [1.82, 2.24) is 14.6 Å². The van der Waals surface area contributed by atoms with Crippen LogP contribution >= 0.6 is 11.6 Å². The van der Waals surface area contributed by atoms with Crippen LogP contribution in [0, 0.1) is 5.92 Å². The lowest BCUT2D eigenvalue weighted by atomic mass is 9.92. The number of hydrogen-bond acceptors (Lipinski definition) is 5. The average molecular weight is 400 g/mol. The number of aliphatic hydroxyl groups excluding tert-OH is 1. The molecule has 1 fully saturated rings. The molecule has 1 saturated heterocycles. The smallest absolute Gasteiger partial charge is 0.261 e. The van der Waals surface area contributed by atoms with E-state index >= 15 is 0 Å². The number of carbonyl (C=O) groups excluding carboxylic acids is 1. The van der Waals surface area contributed by atoms with E-state index in [1.54, 1.807) is 29.0 Å². The van der Waals surface area contributed by atoms with E-state index in [9.17, 15) is 9.90 Å². The van der Waals surface area contributed by atoms with Crippen LogP contribution in [0.25, 0.3) is 5.65 Å². The van der Waals surface area contributed by atoms with Gasteiger partial charge in [-0.2, -0.15) is 5.10 Å². The van der Waals surface area contributed by atoms with E-state index in [0.29, 0.717) is 27.8 Å². The fraction of sp³-hybridized carbons (Fsp3) is 0.350. The number of anilines is 2. The molecule has 0 saturated carbocycles. The van der Waals surface area contributed by atoms with Gasteiger partial charge in [-0.15, -0.1) is 0 Å². The van der Waals surface area contributed by atoms with Crippen LogP contribution in [0.2, 0.25) is 5.02 Å². The number of aliphatic hydroxyl groups is 1. The topological polar surface area (TPSA) is 82.8 Å². The molecule has 146 valence electrons. The number of fused-ring (bicyclic) bond motifs is 1. The zero-order valence-electron chi connectivity index (χ0n) is 15.5. The van der Waals surface area contributed by atoms with Crippen LogP contribution in [0.1, 0.15) is 30.1 Å². The first-order valence-corrected chi connectivity index (χ1v) is 9.73. The van der Waals surface area contributed by atoms with Crippen molar-refractivity contribution in [2.75, 3.05) is 23.3 Å². The summed E-state index contributed by atoms with van der Waals surface area (Å²) in [5.41, 5.74) is 2.48. The van der Waals surface area contributed by atoms with E-state index in [4.69, 9.17) is 11.6 Å². The SMILES string of the molecule is CC(O)C1CCN(c2ccc(Cl)cc2NC(=O)c2cnn3cccnc23)CC1. The highest BCUT2D eigenvalue weighted by molar-refractivity contribution is 6.31. The lowest BCUT2D eigenvalue weighted by Crippen LogP contribution is -2.37. The molecule has 2 N–H and O–H groups in total. The number of nitrogens with one attached hydrogen (secondary N) is 1. The normalized spacial score (nSPS) is 16.3. The number of rotatable bonds is 4. The molecule has 0 bridgehead atoms. The highest BCUT2D eigenvalue weighted by atomic mass is 35.5. The van der Waals surface area contributed by atoms with E-state index in [1.807, 2.05) is 19.1 Å². The van der Waals surface area contributed by atoms with Gasteiger partial charge in [0.15, 0.2) is 5.65 Å². The third-order valence-corrected chi connectivity index (χ3v) is 5.53. The summed E-state index contributed by atoms with van der Waals surface area (Å²) in [7, 11) is 0. The largest absolute Gasteiger partial charge is 0.393 e. The number of hydrogen-bond donors (Lipinski definition) is 2. The second-order valence-corrected chi connectivity index (χ2v) is 7.56. The molecule has 28 heavy (non-hydrogen) atoms.